The minimum Gasteiger partial charge on any atom is -0.357 e. The van der Waals surface area contributed by atoms with Crippen molar-refractivity contribution in [1.82, 2.24) is 15.5 Å². The molecule has 2 rings (SSSR count). The lowest BCUT2D eigenvalue weighted by atomic mass is 10.2. The van der Waals surface area contributed by atoms with E-state index >= 15 is 0 Å². The highest BCUT2D eigenvalue weighted by molar-refractivity contribution is 7.10. The molecule has 1 atom stereocenters. The first kappa shape index (κ1) is 16.3. The summed E-state index contributed by atoms with van der Waals surface area (Å²) in [7, 11) is 4.24. The summed E-state index contributed by atoms with van der Waals surface area (Å²) in [6, 6.07) is 5.26. The molecule has 0 aliphatic heterocycles. The maximum atomic E-state index is 4.81. The largest absolute Gasteiger partial charge is 0.357 e. The number of rotatable bonds is 6. The molecule has 1 aliphatic carbocycles. The molecule has 0 spiro atoms. The Morgan fingerprint density at radius 3 is 2.76 bits per heavy atom. The molecule has 1 fully saturated rings. The number of thiophene rings is 1. The van der Waals surface area contributed by atoms with E-state index in [0.29, 0.717) is 12.1 Å². The van der Waals surface area contributed by atoms with Crippen molar-refractivity contribution in [2.45, 2.75) is 44.7 Å². The van der Waals surface area contributed by atoms with Gasteiger partial charge in [0.05, 0.1) is 12.6 Å². The van der Waals surface area contributed by atoms with Gasteiger partial charge < -0.3 is 15.5 Å². The van der Waals surface area contributed by atoms with E-state index in [1.165, 1.54) is 30.6 Å². The van der Waals surface area contributed by atoms with Gasteiger partial charge in [0.15, 0.2) is 5.96 Å². The second-order valence-electron chi connectivity index (χ2n) is 5.84. The second kappa shape index (κ2) is 8.39. The third-order valence-corrected chi connectivity index (χ3v) is 4.93. The molecule has 21 heavy (non-hydrogen) atoms. The molecule has 0 bridgehead atoms. The molecule has 1 unspecified atom stereocenters. The second-order valence-corrected chi connectivity index (χ2v) is 6.82. The van der Waals surface area contributed by atoms with E-state index in [4.69, 9.17) is 4.99 Å². The van der Waals surface area contributed by atoms with Crippen molar-refractivity contribution in [1.29, 1.82) is 0 Å². The van der Waals surface area contributed by atoms with E-state index in [0.717, 1.165) is 19.0 Å². The van der Waals surface area contributed by atoms with E-state index < -0.39 is 0 Å². The lowest BCUT2D eigenvalue weighted by Crippen LogP contribution is -2.42. The predicted octanol–water partition coefficient (Wildman–Crippen LogP) is 2.85. The van der Waals surface area contributed by atoms with Gasteiger partial charge in [-0.1, -0.05) is 18.9 Å². The molecular formula is C16H28N4S. The van der Waals surface area contributed by atoms with Crippen LogP contribution in [0, 0.1) is 0 Å². The Labute approximate surface area is 132 Å². The lowest BCUT2D eigenvalue weighted by molar-refractivity contribution is 0.310. The van der Waals surface area contributed by atoms with Crippen LogP contribution in [0.3, 0.4) is 0 Å². The molecule has 1 heterocycles. The number of guanidine groups is 1. The van der Waals surface area contributed by atoms with Crippen molar-refractivity contribution in [3.05, 3.63) is 22.4 Å². The van der Waals surface area contributed by atoms with E-state index in [1.807, 2.05) is 0 Å². The Hall–Kier alpha value is -1.07. The summed E-state index contributed by atoms with van der Waals surface area (Å²) in [5, 5.41) is 9.09. The fraction of sp³-hybridized carbons (Fsp3) is 0.688. The molecular weight excluding hydrogens is 280 g/mol. The summed E-state index contributed by atoms with van der Waals surface area (Å²) in [5.41, 5.74) is 0. The minimum atomic E-state index is 0.351. The van der Waals surface area contributed by atoms with Gasteiger partial charge >= 0.3 is 0 Å². The molecule has 0 saturated heterocycles. The Kier molecular flexibility index (Phi) is 6.51. The maximum Gasteiger partial charge on any atom is 0.191 e. The highest BCUT2D eigenvalue weighted by Crippen LogP contribution is 2.23. The van der Waals surface area contributed by atoms with Gasteiger partial charge in [0.25, 0.3) is 0 Å². The first-order valence-corrected chi connectivity index (χ1v) is 8.83. The van der Waals surface area contributed by atoms with Crippen LogP contribution in [0.25, 0.3) is 0 Å². The van der Waals surface area contributed by atoms with Gasteiger partial charge in [0, 0.05) is 17.5 Å². The molecule has 1 aromatic heterocycles. The summed E-state index contributed by atoms with van der Waals surface area (Å²) < 4.78 is 0. The van der Waals surface area contributed by atoms with Gasteiger partial charge in [-0.05, 0) is 45.3 Å². The highest BCUT2D eigenvalue weighted by Gasteiger charge is 2.18. The van der Waals surface area contributed by atoms with Crippen molar-refractivity contribution in [3.8, 4) is 0 Å². The first-order valence-electron chi connectivity index (χ1n) is 7.95. The number of likely N-dealkylation sites (N-methyl/N-ethyl adjacent to an activating group) is 1. The monoisotopic (exact) mass is 308 g/mol. The lowest BCUT2D eigenvalue weighted by Gasteiger charge is -2.23. The van der Waals surface area contributed by atoms with Crippen LogP contribution in [-0.2, 0) is 0 Å². The average Bonchev–Trinajstić information content (AvgIpc) is 3.11. The van der Waals surface area contributed by atoms with Crippen LogP contribution in [0.15, 0.2) is 22.5 Å². The SMILES string of the molecule is CCNC(=NCC(c1cccs1)N(C)C)NC1CCCC1. The van der Waals surface area contributed by atoms with Gasteiger partial charge in [0.2, 0.25) is 0 Å². The summed E-state index contributed by atoms with van der Waals surface area (Å²) in [6.07, 6.45) is 5.22. The van der Waals surface area contributed by atoms with Crippen molar-refractivity contribution >= 4 is 17.3 Å². The molecule has 2 N–H and O–H groups in total. The summed E-state index contributed by atoms with van der Waals surface area (Å²) in [5.74, 6) is 0.966. The number of nitrogens with one attached hydrogen (secondary N) is 2. The molecule has 118 valence electrons. The first-order chi connectivity index (χ1) is 10.2. The van der Waals surface area contributed by atoms with Crippen LogP contribution in [-0.4, -0.2) is 44.1 Å². The number of aliphatic imine (C=N–C) groups is 1. The van der Waals surface area contributed by atoms with E-state index in [2.05, 4.69) is 54.1 Å². The van der Waals surface area contributed by atoms with Crippen molar-refractivity contribution in [2.75, 3.05) is 27.2 Å². The predicted molar refractivity (Wildman–Crippen MR) is 92.1 cm³/mol. The molecule has 0 radical (unpaired) electrons. The standard InChI is InChI=1S/C16H28N4S/c1-4-17-16(19-13-8-5-6-9-13)18-12-14(20(2)3)15-10-7-11-21-15/h7,10-11,13-14H,4-6,8-9,12H2,1-3H3,(H2,17,18,19). The van der Waals surface area contributed by atoms with E-state index in [9.17, 15) is 0 Å². The van der Waals surface area contributed by atoms with Gasteiger partial charge in [-0.2, -0.15) is 0 Å². The minimum absolute atomic E-state index is 0.351. The zero-order valence-corrected chi connectivity index (χ0v) is 14.2. The topological polar surface area (TPSA) is 39.7 Å². The summed E-state index contributed by atoms with van der Waals surface area (Å²) in [6.45, 7) is 3.81. The highest BCUT2D eigenvalue weighted by atomic mass is 32.1. The molecule has 1 saturated carbocycles. The smallest absolute Gasteiger partial charge is 0.191 e. The van der Waals surface area contributed by atoms with Crippen molar-refractivity contribution in [2.24, 2.45) is 4.99 Å². The number of nitrogens with zero attached hydrogens (tertiary/aromatic N) is 2. The zero-order chi connectivity index (χ0) is 15.1. The Bertz CT molecular complexity index is 421. The van der Waals surface area contributed by atoms with Gasteiger partial charge in [-0.25, -0.2) is 0 Å². The zero-order valence-electron chi connectivity index (χ0n) is 13.4. The third-order valence-electron chi connectivity index (χ3n) is 3.96. The Morgan fingerprint density at radius 2 is 2.19 bits per heavy atom. The number of hydrogen-bond donors (Lipinski definition) is 2. The van der Waals surface area contributed by atoms with Gasteiger partial charge in [0.1, 0.15) is 0 Å². The van der Waals surface area contributed by atoms with Crippen LogP contribution in [0.4, 0.5) is 0 Å². The van der Waals surface area contributed by atoms with Crippen LogP contribution in [0.2, 0.25) is 0 Å². The summed E-state index contributed by atoms with van der Waals surface area (Å²) >= 11 is 1.81. The van der Waals surface area contributed by atoms with Gasteiger partial charge in [-0.15, -0.1) is 11.3 Å². The van der Waals surface area contributed by atoms with E-state index in [-0.39, 0.29) is 0 Å². The number of hydrogen-bond acceptors (Lipinski definition) is 3. The average molecular weight is 308 g/mol. The van der Waals surface area contributed by atoms with E-state index in [1.54, 1.807) is 11.3 Å². The molecule has 0 amide bonds. The Balaban J connectivity index is 1.98. The fourth-order valence-electron chi connectivity index (χ4n) is 2.75. The van der Waals surface area contributed by atoms with Gasteiger partial charge in [-0.3, -0.25) is 4.99 Å². The van der Waals surface area contributed by atoms with Crippen molar-refractivity contribution < 1.29 is 0 Å². The quantitative estimate of drug-likeness (QED) is 0.627. The fourth-order valence-corrected chi connectivity index (χ4v) is 3.66. The summed E-state index contributed by atoms with van der Waals surface area (Å²) in [4.78, 5) is 8.43. The van der Waals surface area contributed by atoms with Crippen LogP contribution < -0.4 is 10.6 Å². The molecule has 1 aliphatic rings. The normalized spacial score (nSPS) is 18.2. The molecule has 4 nitrogen and oxygen atoms in total. The van der Waals surface area contributed by atoms with Crippen molar-refractivity contribution in [3.63, 3.8) is 0 Å². The maximum absolute atomic E-state index is 4.81. The third kappa shape index (κ3) is 5.00. The Morgan fingerprint density at radius 1 is 1.43 bits per heavy atom. The molecule has 0 aromatic carbocycles. The molecule has 1 aromatic rings. The van der Waals surface area contributed by atoms with Crippen LogP contribution in [0.1, 0.15) is 43.5 Å². The molecule has 5 heteroatoms. The van der Waals surface area contributed by atoms with Crippen LogP contribution >= 0.6 is 11.3 Å². The van der Waals surface area contributed by atoms with Crippen LogP contribution in [0.5, 0.6) is 0 Å².